The Balaban J connectivity index is 2.15. The van der Waals surface area contributed by atoms with Crippen LogP contribution in [0.4, 0.5) is 0 Å². The van der Waals surface area contributed by atoms with Crippen LogP contribution in [0.3, 0.4) is 0 Å². The zero-order valence-corrected chi connectivity index (χ0v) is 20.0. The predicted octanol–water partition coefficient (Wildman–Crippen LogP) is 8.11. The number of fused-ring (bicyclic) bond motifs is 3. The maximum atomic E-state index is 7.41. The lowest BCUT2D eigenvalue weighted by Gasteiger charge is -2.60. The fraction of sp³-hybridized carbons (Fsp3) is 1.00. The summed E-state index contributed by atoms with van der Waals surface area (Å²) in [7, 11) is 0. The van der Waals surface area contributed by atoms with E-state index < -0.39 is 0 Å². The van der Waals surface area contributed by atoms with Gasteiger partial charge in [-0.05, 0) is 73.5 Å². The summed E-state index contributed by atoms with van der Waals surface area (Å²) in [4.78, 5) is 0. The fourth-order valence-electron chi connectivity index (χ4n) is 8.92. The lowest BCUT2D eigenvalue weighted by Crippen LogP contribution is -2.64. The van der Waals surface area contributed by atoms with Crippen LogP contribution < -0.4 is 5.73 Å². The lowest BCUT2D eigenvalue weighted by atomic mass is 9.46. The van der Waals surface area contributed by atoms with Crippen molar-refractivity contribution < 1.29 is 0 Å². The Kier molecular flexibility index (Phi) is 7.27. The summed E-state index contributed by atoms with van der Waals surface area (Å²) in [5.41, 5.74) is 7.92. The highest BCUT2D eigenvalue weighted by Crippen LogP contribution is 2.70. The van der Waals surface area contributed by atoms with Crippen LogP contribution in [0, 0.1) is 34.5 Å². The molecule has 3 saturated carbocycles. The quantitative estimate of drug-likeness (QED) is 0.507. The molecule has 5 atom stereocenters. The molecule has 0 saturated heterocycles. The standard InChI is InChI=1S/C27H51N/c1-6-26(5,28)27(25(2,3)4)23-19-15-11-7-9-13-17-21(23)22-18-14-10-8-12-16-20-24(22)27/h21-24H,6-20,28H2,1-5H3. The van der Waals surface area contributed by atoms with E-state index in [0.717, 1.165) is 30.1 Å². The maximum Gasteiger partial charge on any atom is 0.0190 e. The molecule has 0 aromatic carbocycles. The summed E-state index contributed by atoms with van der Waals surface area (Å²) >= 11 is 0. The average Bonchev–Trinajstić information content (AvgIpc) is 2.99. The number of hydrogen-bond acceptors (Lipinski definition) is 1. The number of nitrogens with two attached hydrogens (primary N) is 1. The van der Waals surface area contributed by atoms with Gasteiger partial charge < -0.3 is 5.73 Å². The molecule has 0 aromatic heterocycles. The van der Waals surface area contributed by atoms with Gasteiger partial charge in [-0.25, -0.2) is 0 Å². The Labute approximate surface area is 177 Å². The van der Waals surface area contributed by atoms with Crippen LogP contribution in [0.2, 0.25) is 0 Å². The molecule has 1 heteroatoms. The van der Waals surface area contributed by atoms with Gasteiger partial charge in [-0.2, -0.15) is 0 Å². The second kappa shape index (κ2) is 8.99. The summed E-state index contributed by atoms with van der Waals surface area (Å²) in [5.74, 6) is 3.56. The summed E-state index contributed by atoms with van der Waals surface area (Å²) in [6.07, 6.45) is 21.6. The number of rotatable bonds is 2. The molecule has 0 radical (unpaired) electrons. The zero-order valence-electron chi connectivity index (χ0n) is 20.0. The third-order valence-corrected chi connectivity index (χ3v) is 9.78. The molecule has 0 spiro atoms. The van der Waals surface area contributed by atoms with Gasteiger partial charge in [-0.1, -0.05) is 91.9 Å². The highest BCUT2D eigenvalue weighted by atomic mass is 14.9. The van der Waals surface area contributed by atoms with Crippen LogP contribution in [-0.2, 0) is 0 Å². The first kappa shape index (κ1) is 22.6. The molecule has 3 aliphatic rings. The third kappa shape index (κ3) is 3.83. The van der Waals surface area contributed by atoms with Gasteiger partial charge in [0.25, 0.3) is 0 Å². The average molecular weight is 390 g/mol. The molecule has 0 bridgehead atoms. The monoisotopic (exact) mass is 389 g/mol. The van der Waals surface area contributed by atoms with Gasteiger partial charge in [-0.3, -0.25) is 0 Å². The molecular formula is C27H51N. The molecule has 0 aromatic rings. The minimum atomic E-state index is -0.0598. The first-order chi connectivity index (χ1) is 13.3. The van der Waals surface area contributed by atoms with E-state index in [0.29, 0.717) is 5.41 Å². The van der Waals surface area contributed by atoms with Crippen molar-refractivity contribution in [3.05, 3.63) is 0 Å². The van der Waals surface area contributed by atoms with Gasteiger partial charge in [0.1, 0.15) is 0 Å². The van der Waals surface area contributed by atoms with Gasteiger partial charge in [0.2, 0.25) is 0 Å². The van der Waals surface area contributed by atoms with Gasteiger partial charge in [0, 0.05) is 5.54 Å². The maximum absolute atomic E-state index is 7.41. The first-order valence-corrected chi connectivity index (χ1v) is 13.1. The van der Waals surface area contributed by atoms with Crippen molar-refractivity contribution in [3.63, 3.8) is 0 Å². The largest absolute Gasteiger partial charge is 0.325 e. The topological polar surface area (TPSA) is 26.0 Å². The van der Waals surface area contributed by atoms with Crippen LogP contribution in [0.25, 0.3) is 0 Å². The molecule has 2 N–H and O–H groups in total. The Bertz CT molecular complexity index is 457. The van der Waals surface area contributed by atoms with Gasteiger partial charge in [0.15, 0.2) is 0 Å². The van der Waals surface area contributed by atoms with Crippen molar-refractivity contribution in [1.82, 2.24) is 0 Å². The van der Waals surface area contributed by atoms with Crippen molar-refractivity contribution in [1.29, 1.82) is 0 Å². The van der Waals surface area contributed by atoms with E-state index in [4.69, 9.17) is 5.73 Å². The highest BCUT2D eigenvalue weighted by Gasteiger charge is 2.68. The molecule has 3 fully saturated rings. The molecule has 164 valence electrons. The normalized spacial score (nSPS) is 40.5. The zero-order chi connectivity index (χ0) is 20.4. The molecule has 28 heavy (non-hydrogen) atoms. The van der Waals surface area contributed by atoms with Crippen LogP contribution in [0.15, 0.2) is 0 Å². The van der Waals surface area contributed by atoms with Crippen molar-refractivity contribution >= 4 is 0 Å². The first-order valence-electron chi connectivity index (χ1n) is 13.1. The molecule has 1 nitrogen and oxygen atoms in total. The molecule has 0 heterocycles. The summed E-state index contributed by atoms with van der Waals surface area (Å²) in [6, 6.07) is 0. The summed E-state index contributed by atoms with van der Waals surface area (Å²) in [6.45, 7) is 12.5. The molecule has 3 aliphatic carbocycles. The Morgan fingerprint density at radius 1 is 0.643 bits per heavy atom. The second-order valence-electron chi connectivity index (χ2n) is 12.1. The van der Waals surface area contributed by atoms with Crippen LogP contribution in [-0.4, -0.2) is 5.54 Å². The number of hydrogen-bond donors (Lipinski definition) is 1. The van der Waals surface area contributed by atoms with Gasteiger partial charge in [0.05, 0.1) is 0 Å². The Hall–Kier alpha value is -0.0400. The van der Waals surface area contributed by atoms with Crippen molar-refractivity contribution in [2.75, 3.05) is 0 Å². The van der Waals surface area contributed by atoms with Crippen LogP contribution in [0.1, 0.15) is 131 Å². The SMILES string of the molecule is CCC(C)(N)C1(C(C)(C)C)C2CCCCCCCC2C2CCCCCCCC21. The van der Waals surface area contributed by atoms with E-state index in [1.54, 1.807) is 0 Å². The minimum Gasteiger partial charge on any atom is -0.325 e. The summed E-state index contributed by atoms with van der Waals surface area (Å²) in [5, 5.41) is 0. The van der Waals surface area contributed by atoms with E-state index in [-0.39, 0.29) is 11.0 Å². The highest BCUT2D eigenvalue weighted by molar-refractivity contribution is 5.18. The smallest absolute Gasteiger partial charge is 0.0190 e. The van der Waals surface area contributed by atoms with Gasteiger partial charge >= 0.3 is 0 Å². The van der Waals surface area contributed by atoms with E-state index in [1.807, 2.05) is 0 Å². The van der Waals surface area contributed by atoms with Crippen LogP contribution >= 0.6 is 0 Å². The van der Waals surface area contributed by atoms with Crippen LogP contribution in [0.5, 0.6) is 0 Å². The predicted molar refractivity (Wildman–Crippen MR) is 123 cm³/mol. The van der Waals surface area contributed by atoms with Crippen molar-refractivity contribution in [2.45, 2.75) is 136 Å². The van der Waals surface area contributed by atoms with E-state index in [2.05, 4.69) is 34.6 Å². The van der Waals surface area contributed by atoms with E-state index in [9.17, 15) is 0 Å². The van der Waals surface area contributed by atoms with Crippen molar-refractivity contribution in [2.24, 2.45) is 40.2 Å². The Morgan fingerprint density at radius 2 is 1.00 bits per heavy atom. The molecular weight excluding hydrogens is 338 g/mol. The van der Waals surface area contributed by atoms with E-state index >= 15 is 0 Å². The molecule has 0 amide bonds. The third-order valence-electron chi connectivity index (χ3n) is 9.78. The lowest BCUT2D eigenvalue weighted by molar-refractivity contribution is -0.0912. The van der Waals surface area contributed by atoms with Crippen molar-refractivity contribution in [3.8, 4) is 0 Å². The Morgan fingerprint density at radius 3 is 1.36 bits per heavy atom. The second-order valence-corrected chi connectivity index (χ2v) is 12.1. The molecule has 5 unspecified atom stereocenters. The summed E-state index contributed by atoms with van der Waals surface area (Å²) < 4.78 is 0. The van der Waals surface area contributed by atoms with E-state index in [1.165, 1.54) is 89.9 Å². The van der Waals surface area contributed by atoms with Gasteiger partial charge in [-0.15, -0.1) is 0 Å². The minimum absolute atomic E-state index is 0.0598. The fourth-order valence-corrected chi connectivity index (χ4v) is 8.92. The molecule has 0 aliphatic heterocycles. The molecule has 3 rings (SSSR count).